The van der Waals surface area contributed by atoms with Crippen molar-refractivity contribution >= 4 is 8.07 Å². The van der Waals surface area contributed by atoms with Crippen LogP contribution >= 0.6 is 0 Å². The maximum atomic E-state index is 2.41. The molecule has 0 N–H and O–H groups in total. The second-order valence-corrected chi connectivity index (χ2v) is 12.3. The number of nitrogens with zero attached hydrogens (tertiary/aromatic N) is 1. The first-order chi connectivity index (χ1) is 6.63. The van der Waals surface area contributed by atoms with E-state index < -0.39 is 8.07 Å². The van der Waals surface area contributed by atoms with Gasteiger partial charge in [-0.3, -0.25) is 0 Å². The lowest BCUT2D eigenvalue weighted by molar-refractivity contribution is -0.849. The van der Waals surface area contributed by atoms with Gasteiger partial charge in [-0.2, -0.15) is 0 Å². The summed E-state index contributed by atoms with van der Waals surface area (Å²) >= 11 is 0. The highest BCUT2D eigenvalue weighted by molar-refractivity contribution is 6.80. The van der Waals surface area contributed by atoms with Gasteiger partial charge in [0.25, 0.3) is 0 Å². The minimum atomic E-state index is -0.795. The molecule has 0 heterocycles. The average Bonchev–Trinajstić information content (AvgIpc) is 2.05. The third kappa shape index (κ3) is 9.13. The molecule has 0 radical (unpaired) electrons. The Morgan fingerprint density at radius 1 is 0.800 bits per heavy atom. The van der Waals surface area contributed by atoms with Gasteiger partial charge in [-0.15, -0.1) is 0 Å². The minimum Gasteiger partial charge on any atom is -0.333 e. The Kier molecular flexibility index (Phi) is 8.73. The van der Waals surface area contributed by atoms with Crippen LogP contribution < -0.4 is 0 Å². The van der Waals surface area contributed by atoms with E-state index >= 15 is 0 Å². The Labute approximate surface area is 99.5 Å². The van der Waals surface area contributed by atoms with E-state index in [9.17, 15) is 0 Å². The van der Waals surface area contributed by atoms with Crippen molar-refractivity contribution in [3.05, 3.63) is 0 Å². The highest BCUT2D eigenvalue weighted by Gasteiger charge is 2.29. The Bertz CT molecular complexity index is 129. The second kappa shape index (κ2) is 7.45. The lowest BCUT2D eigenvalue weighted by atomic mass is 10.6. The zero-order valence-corrected chi connectivity index (χ0v) is 13.6. The van der Waals surface area contributed by atoms with Gasteiger partial charge in [0.05, 0.1) is 36.3 Å². The van der Waals surface area contributed by atoms with Crippen LogP contribution in [0.15, 0.2) is 0 Å². The molecule has 94 valence electrons. The average molecular weight is 233 g/mol. The molecule has 0 aromatic rings. The van der Waals surface area contributed by atoms with E-state index in [1.165, 1.54) is 18.1 Å². The summed E-state index contributed by atoms with van der Waals surface area (Å²) in [5, 5.41) is 0. The van der Waals surface area contributed by atoms with Crippen LogP contribution in [0.4, 0.5) is 0 Å². The lowest BCUT2D eigenvalue weighted by Gasteiger charge is -2.32. The summed E-state index contributed by atoms with van der Waals surface area (Å²) in [6.45, 7) is 11.9. The van der Waals surface area contributed by atoms with Gasteiger partial charge in [-0.1, -0.05) is 58.3 Å². The first-order valence-corrected chi connectivity index (χ1v) is 9.11. The van der Waals surface area contributed by atoms with E-state index in [1.807, 2.05) is 0 Å². The highest BCUT2D eigenvalue weighted by Crippen LogP contribution is 2.31. The van der Waals surface area contributed by atoms with Crippen molar-refractivity contribution < 1.29 is 4.48 Å². The number of rotatable bonds is 4. The topological polar surface area (TPSA) is 0 Å². The third-order valence-corrected chi connectivity index (χ3v) is 10.0. The van der Waals surface area contributed by atoms with Gasteiger partial charge in [0.15, 0.2) is 0 Å². The summed E-state index contributed by atoms with van der Waals surface area (Å²) in [4.78, 5) is 0. The fourth-order valence-electron chi connectivity index (χ4n) is 1.97. The molecule has 0 aliphatic rings. The monoisotopic (exact) mass is 232 g/mol. The van der Waals surface area contributed by atoms with Crippen molar-refractivity contribution in [2.75, 3.05) is 28.2 Å². The first kappa shape index (κ1) is 17.6. The van der Waals surface area contributed by atoms with E-state index in [0.29, 0.717) is 0 Å². The van der Waals surface area contributed by atoms with Crippen LogP contribution in [-0.4, -0.2) is 40.7 Å². The SMILES string of the molecule is CC[Si](CC)(CC)C(C)C.C[N+](C)(C)C. The largest absolute Gasteiger partial charge is 0.333 e. The summed E-state index contributed by atoms with van der Waals surface area (Å²) < 4.78 is 1.00. The Morgan fingerprint density at radius 2 is 1.00 bits per heavy atom. The van der Waals surface area contributed by atoms with Crippen molar-refractivity contribution in [2.45, 2.75) is 58.3 Å². The predicted octanol–water partition coefficient (Wildman–Crippen LogP) is 4.23. The molecule has 0 aromatic heterocycles. The minimum absolute atomic E-state index is 0.795. The molecule has 0 saturated carbocycles. The smallest absolute Gasteiger partial charge is 0.0675 e. The molecule has 0 fully saturated rings. The van der Waals surface area contributed by atoms with E-state index in [2.05, 4.69) is 62.8 Å². The highest BCUT2D eigenvalue weighted by atomic mass is 28.3. The van der Waals surface area contributed by atoms with Gasteiger partial charge in [0, 0.05) is 0 Å². The molecular formula is C13H34NSi+. The maximum Gasteiger partial charge on any atom is 0.0675 e. The molecule has 0 aliphatic carbocycles. The standard InChI is InChI=1S/C9H22Si.C4H12N/c1-6-10(7-2,8-3)9(4)5;1-5(2,3)4/h9H,6-8H2,1-5H3;1-4H3/q;+1. The van der Waals surface area contributed by atoms with Gasteiger partial charge < -0.3 is 4.48 Å². The molecule has 0 unspecified atom stereocenters. The van der Waals surface area contributed by atoms with E-state index in [1.54, 1.807) is 0 Å². The summed E-state index contributed by atoms with van der Waals surface area (Å²) in [5.74, 6) is 0. The molecule has 0 aliphatic heterocycles. The summed E-state index contributed by atoms with van der Waals surface area (Å²) in [6.07, 6.45) is 0. The van der Waals surface area contributed by atoms with Crippen LogP contribution in [0.3, 0.4) is 0 Å². The molecule has 0 saturated heterocycles. The molecule has 15 heavy (non-hydrogen) atoms. The Balaban J connectivity index is 0. The molecule has 0 atom stereocenters. The maximum absolute atomic E-state index is 2.41. The summed E-state index contributed by atoms with van der Waals surface area (Å²) in [7, 11) is 7.71. The van der Waals surface area contributed by atoms with Crippen LogP contribution in [-0.2, 0) is 0 Å². The van der Waals surface area contributed by atoms with Gasteiger partial charge in [0.1, 0.15) is 0 Å². The fraction of sp³-hybridized carbons (Fsp3) is 1.00. The molecule has 1 nitrogen and oxygen atoms in total. The van der Waals surface area contributed by atoms with E-state index in [0.717, 1.165) is 10.0 Å². The van der Waals surface area contributed by atoms with Crippen molar-refractivity contribution in [3.63, 3.8) is 0 Å². The fourth-order valence-corrected chi connectivity index (χ4v) is 5.92. The zero-order chi connectivity index (χ0) is 12.7. The summed E-state index contributed by atoms with van der Waals surface area (Å²) in [5.41, 5.74) is 0.979. The number of hydrogen-bond acceptors (Lipinski definition) is 0. The predicted molar refractivity (Wildman–Crippen MR) is 76.3 cm³/mol. The Morgan fingerprint density at radius 3 is 1.00 bits per heavy atom. The number of quaternary nitrogens is 1. The van der Waals surface area contributed by atoms with Gasteiger partial charge >= 0.3 is 0 Å². The molecule has 0 aromatic carbocycles. The third-order valence-electron chi connectivity index (χ3n) is 3.34. The van der Waals surface area contributed by atoms with Crippen LogP contribution in [0, 0.1) is 0 Å². The van der Waals surface area contributed by atoms with Crippen LogP contribution in [0.2, 0.25) is 23.7 Å². The normalized spacial score (nSPS) is 12.4. The molecule has 2 heteroatoms. The zero-order valence-electron chi connectivity index (χ0n) is 12.6. The summed E-state index contributed by atoms with van der Waals surface area (Å²) in [6, 6.07) is 4.41. The number of hydrogen-bond donors (Lipinski definition) is 0. The van der Waals surface area contributed by atoms with Gasteiger partial charge in [-0.05, 0) is 0 Å². The van der Waals surface area contributed by atoms with Crippen LogP contribution in [0.1, 0.15) is 34.6 Å². The van der Waals surface area contributed by atoms with Crippen molar-refractivity contribution in [1.82, 2.24) is 0 Å². The molecule has 0 spiro atoms. The van der Waals surface area contributed by atoms with Gasteiger partial charge in [-0.25, -0.2) is 0 Å². The van der Waals surface area contributed by atoms with Crippen LogP contribution in [0.25, 0.3) is 0 Å². The molecular weight excluding hydrogens is 198 g/mol. The quantitative estimate of drug-likeness (QED) is 0.503. The van der Waals surface area contributed by atoms with Crippen molar-refractivity contribution in [3.8, 4) is 0 Å². The van der Waals surface area contributed by atoms with Crippen molar-refractivity contribution in [2.24, 2.45) is 0 Å². The van der Waals surface area contributed by atoms with Crippen LogP contribution in [0.5, 0.6) is 0 Å². The van der Waals surface area contributed by atoms with E-state index in [4.69, 9.17) is 0 Å². The van der Waals surface area contributed by atoms with Gasteiger partial charge in [0.2, 0.25) is 0 Å². The molecule has 0 amide bonds. The molecule has 0 bridgehead atoms. The Hall–Kier alpha value is 0.177. The van der Waals surface area contributed by atoms with Crippen molar-refractivity contribution in [1.29, 1.82) is 0 Å². The first-order valence-electron chi connectivity index (χ1n) is 6.41. The second-order valence-electron chi connectivity index (χ2n) is 6.26. The van der Waals surface area contributed by atoms with E-state index in [-0.39, 0.29) is 0 Å². The lowest BCUT2D eigenvalue weighted by Crippen LogP contribution is -2.34. The molecule has 0 rings (SSSR count).